The molecule has 0 amide bonds. The van der Waals surface area contributed by atoms with E-state index in [1.807, 2.05) is 37.4 Å². The molecule has 0 fully saturated rings. The predicted octanol–water partition coefficient (Wildman–Crippen LogP) is 4.15. The second-order valence-corrected chi connectivity index (χ2v) is 5.75. The van der Waals surface area contributed by atoms with Crippen LogP contribution in [0.5, 0.6) is 5.75 Å². The van der Waals surface area contributed by atoms with E-state index in [1.54, 1.807) is 7.11 Å². The van der Waals surface area contributed by atoms with Crippen molar-refractivity contribution in [1.82, 2.24) is 9.97 Å². The fourth-order valence-electron chi connectivity index (χ4n) is 1.72. The molecule has 1 aromatic carbocycles. The molecule has 21 heavy (non-hydrogen) atoms. The summed E-state index contributed by atoms with van der Waals surface area (Å²) in [7, 11) is 1.65. The van der Waals surface area contributed by atoms with Crippen molar-refractivity contribution in [1.29, 1.82) is 0 Å². The summed E-state index contributed by atoms with van der Waals surface area (Å²) in [6, 6.07) is 7.63. The minimum absolute atomic E-state index is 0.718. The zero-order valence-electron chi connectivity index (χ0n) is 12.1. The van der Waals surface area contributed by atoms with Crippen LogP contribution in [0.3, 0.4) is 0 Å². The first kappa shape index (κ1) is 15.9. The molecular formula is C14H17BrN4OS. The molecular weight excluding hydrogens is 352 g/mol. The van der Waals surface area contributed by atoms with Gasteiger partial charge in [-0.2, -0.15) is 0 Å². The molecule has 0 bridgehead atoms. The highest BCUT2D eigenvalue weighted by Crippen LogP contribution is 2.30. The van der Waals surface area contributed by atoms with Gasteiger partial charge in [0.1, 0.15) is 17.4 Å². The van der Waals surface area contributed by atoms with Crippen molar-refractivity contribution in [2.24, 2.45) is 0 Å². The van der Waals surface area contributed by atoms with Gasteiger partial charge in [-0.05, 0) is 41.2 Å². The van der Waals surface area contributed by atoms with Crippen LogP contribution < -0.4 is 15.4 Å². The number of nitrogens with zero attached hydrogens (tertiary/aromatic N) is 2. The Morgan fingerprint density at radius 1 is 1.24 bits per heavy atom. The molecule has 2 N–H and O–H groups in total. The Balaban J connectivity index is 2.32. The Bertz CT molecular complexity index is 624. The van der Waals surface area contributed by atoms with E-state index < -0.39 is 0 Å². The van der Waals surface area contributed by atoms with Gasteiger partial charge in [-0.1, -0.05) is 11.8 Å². The van der Waals surface area contributed by atoms with Crippen LogP contribution in [0.1, 0.15) is 6.92 Å². The molecule has 0 unspecified atom stereocenters. The second kappa shape index (κ2) is 7.51. The molecule has 0 aliphatic rings. The van der Waals surface area contributed by atoms with Gasteiger partial charge in [-0.25, -0.2) is 9.97 Å². The lowest BCUT2D eigenvalue weighted by atomic mass is 10.3. The maximum Gasteiger partial charge on any atom is 0.191 e. The molecule has 2 rings (SSSR count). The molecule has 0 atom stereocenters. The molecule has 1 heterocycles. The van der Waals surface area contributed by atoms with Gasteiger partial charge in [0, 0.05) is 23.2 Å². The monoisotopic (exact) mass is 368 g/mol. The average molecular weight is 369 g/mol. The lowest BCUT2D eigenvalue weighted by molar-refractivity contribution is 0.415. The molecule has 0 aliphatic heterocycles. The largest absolute Gasteiger partial charge is 0.497 e. The highest BCUT2D eigenvalue weighted by molar-refractivity contribution is 9.10. The highest BCUT2D eigenvalue weighted by Gasteiger charge is 2.07. The van der Waals surface area contributed by atoms with Gasteiger partial charge in [0.25, 0.3) is 0 Å². The molecule has 0 aliphatic carbocycles. The van der Waals surface area contributed by atoms with E-state index in [2.05, 4.69) is 36.5 Å². The Kier molecular flexibility index (Phi) is 5.69. The average Bonchev–Trinajstić information content (AvgIpc) is 2.49. The van der Waals surface area contributed by atoms with E-state index in [0.717, 1.165) is 39.2 Å². The van der Waals surface area contributed by atoms with Crippen molar-refractivity contribution < 1.29 is 4.74 Å². The van der Waals surface area contributed by atoms with Crippen LogP contribution in [0.2, 0.25) is 0 Å². The predicted molar refractivity (Wildman–Crippen MR) is 92.0 cm³/mol. The van der Waals surface area contributed by atoms with Crippen LogP contribution in [0, 0.1) is 0 Å². The summed E-state index contributed by atoms with van der Waals surface area (Å²) in [5.41, 5.74) is 0.891. The number of thioether (sulfide) groups is 1. The van der Waals surface area contributed by atoms with Crippen LogP contribution in [0.4, 0.5) is 17.3 Å². The Morgan fingerprint density at radius 3 is 2.67 bits per heavy atom. The first-order valence-electron chi connectivity index (χ1n) is 6.43. The number of aromatic nitrogens is 2. The van der Waals surface area contributed by atoms with E-state index in [0.29, 0.717) is 0 Å². The van der Waals surface area contributed by atoms with E-state index in [4.69, 9.17) is 4.74 Å². The number of rotatable bonds is 6. The number of nitrogens with one attached hydrogen (secondary N) is 2. The van der Waals surface area contributed by atoms with Gasteiger partial charge >= 0.3 is 0 Å². The van der Waals surface area contributed by atoms with Gasteiger partial charge in [-0.15, -0.1) is 0 Å². The number of ether oxygens (including phenoxy) is 1. The fraction of sp³-hybridized carbons (Fsp3) is 0.286. The third kappa shape index (κ3) is 4.25. The zero-order valence-corrected chi connectivity index (χ0v) is 14.5. The normalized spacial score (nSPS) is 10.3. The number of anilines is 3. The van der Waals surface area contributed by atoms with Gasteiger partial charge in [0.15, 0.2) is 5.16 Å². The summed E-state index contributed by atoms with van der Waals surface area (Å²) < 4.78 is 6.19. The fourth-order valence-corrected chi connectivity index (χ4v) is 2.44. The van der Waals surface area contributed by atoms with Gasteiger partial charge in [-0.3, -0.25) is 0 Å². The van der Waals surface area contributed by atoms with Crippen LogP contribution >= 0.6 is 27.7 Å². The standard InChI is InChI=1S/C14H17BrN4OS/c1-4-16-12-8-13(19-14(18-12)21-3)17-11-7-9(20-2)5-6-10(11)15/h5-8H,4H2,1-3H3,(H2,16,17,18,19). The van der Waals surface area contributed by atoms with Crippen LogP contribution in [0.15, 0.2) is 33.9 Å². The molecule has 7 heteroatoms. The van der Waals surface area contributed by atoms with Crippen molar-refractivity contribution in [2.75, 3.05) is 30.5 Å². The van der Waals surface area contributed by atoms with Gasteiger partial charge in [0.05, 0.1) is 12.8 Å². The number of methoxy groups -OCH3 is 1. The Hall–Kier alpha value is -1.47. The summed E-state index contributed by atoms with van der Waals surface area (Å²) in [5, 5.41) is 7.21. The summed E-state index contributed by atoms with van der Waals surface area (Å²) in [6.07, 6.45) is 1.95. The molecule has 0 saturated heterocycles. The quantitative estimate of drug-likeness (QED) is 0.590. The third-order valence-corrected chi connectivity index (χ3v) is 3.92. The maximum atomic E-state index is 5.24. The Morgan fingerprint density at radius 2 is 2.00 bits per heavy atom. The molecule has 112 valence electrons. The first-order valence-corrected chi connectivity index (χ1v) is 8.45. The summed E-state index contributed by atoms with van der Waals surface area (Å²) in [4.78, 5) is 8.87. The van der Waals surface area contributed by atoms with Crippen LogP contribution in [-0.4, -0.2) is 29.9 Å². The van der Waals surface area contributed by atoms with Gasteiger partial charge < -0.3 is 15.4 Å². The van der Waals surface area contributed by atoms with Crippen molar-refractivity contribution in [3.05, 3.63) is 28.7 Å². The molecule has 5 nitrogen and oxygen atoms in total. The Labute approximate surface area is 137 Å². The van der Waals surface area contributed by atoms with Crippen molar-refractivity contribution in [3.8, 4) is 5.75 Å². The topological polar surface area (TPSA) is 59.1 Å². The van der Waals surface area contributed by atoms with Crippen molar-refractivity contribution >= 4 is 45.0 Å². The lowest BCUT2D eigenvalue weighted by Gasteiger charge is -2.12. The molecule has 0 saturated carbocycles. The SMILES string of the molecule is CCNc1cc(Nc2cc(OC)ccc2Br)nc(SC)n1. The summed E-state index contributed by atoms with van der Waals surface area (Å²) in [5.74, 6) is 2.32. The summed E-state index contributed by atoms with van der Waals surface area (Å²) >= 11 is 5.03. The number of halogens is 1. The summed E-state index contributed by atoms with van der Waals surface area (Å²) in [6.45, 7) is 2.85. The minimum Gasteiger partial charge on any atom is -0.497 e. The highest BCUT2D eigenvalue weighted by atomic mass is 79.9. The smallest absolute Gasteiger partial charge is 0.191 e. The van der Waals surface area contributed by atoms with Crippen molar-refractivity contribution in [3.63, 3.8) is 0 Å². The first-order chi connectivity index (χ1) is 10.2. The second-order valence-electron chi connectivity index (χ2n) is 4.13. The molecule has 0 spiro atoms. The van der Waals surface area contributed by atoms with Crippen LogP contribution in [-0.2, 0) is 0 Å². The van der Waals surface area contributed by atoms with E-state index in [1.165, 1.54) is 11.8 Å². The molecule has 2 aromatic rings. The molecule has 0 radical (unpaired) electrons. The molecule has 1 aromatic heterocycles. The van der Waals surface area contributed by atoms with Crippen molar-refractivity contribution in [2.45, 2.75) is 12.1 Å². The van der Waals surface area contributed by atoms with E-state index in [9.17, 15) is 0 Å². The minimum atomic E-state index is 0.718. The lowest BCUT2D eigenvalue weighted by Crippen LogP contribution is -2.04. The maximum absolute atomic E-state index is 5.24. The zero-order chi connectivity index (χ0) is 15.2. The number of benzene rings is 1. The van der Waals surface area contributed by atoms with E-state index in [-0.39, 0.29) is 0 Å². The van der Waals surface area contributed by atoms with E-state index >= 15 is 0 Å². The number of hydrogen-bond donors (Lipinski definition) is 2. The van der Waals surface area contributed by atoms with Crippen LogP contribution in [0.25, 0.3) is 0 Å². The number of hydrogen-bond acceptors (Lipinski definition) is 6. The van der Waals surface area contributed by atoms with Gasteiger partial charge in [0.2, 0.25) is 0 Å². The third-order valence-electron chi connectivity index (χ3n) is 2.68.